The van der Waals surface area contributed by atoms with Crippen molar-refractivity contribution in [3.05, 3.63) is 84.3 Å². The number of pyridine rings is 1. The maximum absolute atomic E-state index is 12.4. The van der Waals surface area contributed by atoms with E-state index in [0.29, 0.717) is 16.4 Å². The molecule has 0 radical (unpaired) electrons. The average Bonchev–Trinajstić information content (AvgIpc) is 3.21. The van der Waals surface area contributed by atoms with Gasteiger partial charge < -0.3 is 10.6 Å². The molecule has 0 unspecified atom stereocenters. The standard InChI is InChI=1S/C23H20ClN5O/c1-2-29-15-19(22(28-29)16-10-12-25-13-11-16)17-6-5-7-18(14-17)26-23(30)27-21-9-4-3-8-20(21)24/h3-15H,2H2,1H3,(H2,26,27,30). The van der Waals surface area contributed by atoms with Crippen molar-refractivity contribution in [3.8, 4) is 22.4 Å². The van der Waals surface area contributed by atoms with Crippen LogP contribution < -0.4 is 10.6 Å². The van der Waals surface area contributed by atoms with Crippen LogP contribution in [0.5, 0.6) is 0 Å². The first-order valence-corrected chi connectivity index (χ1v) is 9.92. The predicted octanol–water partition coefficient (Wildman–Crippen LogP) is 5.93. The topological polar surface area (TPSA) is 71.8 Å². The third-order valence-corrected chi connectivity index (χ3v) is 4.92. The molecule has 2 N–H and O–H groups in total. The van der Waals surface area contributed by atoms with Crippen molar-refractivity contribution in [1.29, 1.82) is 0 Å². The van der Waals surface area contributed by atoms with Crippen LogP contribution in [0.25, 0.3) is 22.4 Å². The molecule has 150 valence electrons. The molecule has 2 aromatic carbocycles. The second kappa shape index (κ2) is 8.80. The summed E-state index contributed by atoms with van der Waals surface area (Å²) in [6.07, 6.45) is 5.51. The Kier molecular flexibility index (Phi) is 5.77. The molecular formula is C23H20ClN5O. The number of hydrogen-bond acceptors (Lipinski definition) is 3. The quantitative estimate of drug-likeness (QED) is 0.422. The highest BCUT2D eigenvalue weighted by Gasteiger charge is 2.14. The summed E-state index contributed by atoms with van der Waals surface area (Å²) in [7, 11) is 0. The minimum absolute atomic E-state index is 0.362. The number of halogens is 1. The van der Waals surface area contributed by atoms with Crippen molar-refractivity contribution < 1.29 is 4.79 Å². The number of rotatable bonds is 5. The number of carbonyl (C=O) groups is 1. The predicted molar refractivity (Wildman–Crippen MR) is 121 cm³/mol. The highest BCUT2D eigenvalue weighted by molar-refractivity contribution is 6.33. The second-order valence-corrected chi connectivity index (χ2v) is 7.03. The lowest BCUT2D eigenvalue weighted by molar-refractivity contribution is 0.262. The van der Waals surface area contributed by atoms with Crippen molar-refractivity contribution in [1.82, 2.24) is 14.8 Å². The highest BCUT2D eigenvalue weighted by Crippen LogP contribution is 2.32. The van der Waals surface area contributed by atoms with E-state index in [9.17, 15) is 4.79 Å². The number of benzene rings is 2. The molecule has 0 saturated heterocycles. The SMILES string of the molecule is CCn1cc(-c2cccc(NC(=O)Nc3ccccc3Cl)c2)c(-c2ccncc2)n1. The molecule has 0 aliphatic rings. The van der Waals surface area contributed by atoms with E-state index in [2.05, 4.69) is 15.6 Å². The number of nitrogens with one attached hydrogen (secondary N) is 2. The van der Waals surface area contributed by atoms with Crippen molar-refractivity contribution >= 4 is 29.0 Å². The van der Waals surface area contributed by atoms with Crippen molar-refractivity contribution in [2.45, 2.75) is 13.5 Å². The van der Waals surface area contributed by atoms with E-state index in [0.717, 1.165) is 28.9 Å². The summed E-state index contributed by atoms with van der Waals surface area (Å²) < 4.78 is 1.90. The van der Waals surface area contributed by atoms with Gasteiger partial charge >= 0.3 is 6.03 Å². The van der Waals surface area contributed by atoms with Gasteiger partial charge in [-0.2, -0.15) is 5.10 Å². The van der Waals surface area contributed by atoms with Crippen LogP contribution in [-0.2, 0) is 6.54 Å². The van der Waals surface area contributed by atoms with Gasteiger partial charge in [-0.1, -0.05) is 35.9 Å². The summed E-state index contributed by atoms with van der Waals surface area (Å²) in [4.78, 5) is 16.5. The summed E-state index contributed by atoms with van der Waals surface area (Å²) in [6.45, 7) is 2.81. The van der Waals surface area contributed by atoms with Gasteiger partial charge in [0.2, 0.25) is 0 Å². The van der Waals surface area contributed by atoms with Gasteiger partial charge in [0.25, 0.3) is 0 Å². The van der Waals surface area contributed by atoms with E-state index >= 15 is 0 Å². The molecule has 0 fully saturated rings. The molecule has 0 bridgehead atoms. The molecule has 0 saturated carbocycles. The van der Waals surface area contributed by atoms with Crippen LogP contribution in [0.4, 0.5) is 16.2 Å². The molecule has 2 heterocycles. The van der Waals surface area contributed by atoms with Gasteiger partial charge in [-0.3, -0.25) is 9.67 Å². The lowest BCUT2D eigenvalue weighted by Gasteiger charge is -2.10. The fraction of sp³-hybridized carbons (Fsp3) is 0.0870. The molecule has 2 aromatic heterocycles. The van der Waals surface area contributed by atoms with Crippen LogP contribution in [0.1, 0.15) is 6.92 Å². The van der Waals surface area contributed by atoms with Crippen LogP contribution in [0.3, 0.4) is 0 Å². The number of aromatic nitrogens is 3. The van der Waals surface area contributed by atoms with Crippen molar-refractivity contribution in [2.24, 2.45) is 0 Å². The lowest BCUT2D eigenvalue weighted by atomic mass is 10.0. The normalized spacial score (nSPS) is 10.6. The first-order valence-electron chi connectivity index (χ1n) is 9.55. The largest absolute Gasteiger partial charge is 0.323 e. The molecule has 0 aliphatic heterocycles. The molecule has 2 amide bonds. The fourth-order valence-corrected chi connectivity index (χ4v) is 3.31. The van der Waals surface area contributed by atoms with Gasteiger partial charge in [0.15, 0.2) is 0 Å². The fourth-order valence-electron chi connectivity index (χ4n) is 3.13. The number of hydrogen-bond donors (Lipinski definition) is 2. The van der Waals surface area contributed by atoms with Gasteiger partial charge in [-0.25, -0.2) is 4.79 Å². The molecule has 0 aliphatic carbocycles. The smallest absolute Gasteiger partial charge is 0.308 e. The third-order valence-electron chi connectivity index (χ3n) is 4.59. The minimum atomic E-state index is -0.362. The summed E-state index contributed by atoms with van der Waals surface area (Å²) >= 11 is 6.11. The monoisotopic (exact) mass is 417 g/mol. The van der Waals surface area contributed by atoms with Crippen LogP contribution in [0, 0.1) is 0 Å². The number of urea groups is 1. The Morgan fingerprint density at radius 3 is 2.57 bits per heavy atom. The zero-order chi connectivity index (χ0) is 20.9. The molecule has 30 heavy (non-hydrogen) atoms. The number of carbonyl (C=O) groups excluding carboxylic acids is 1. The van der Waals surface area contributed by atoms with Crippen molar-refractivity contribution in [3.63, 3.8) is 0 Å². The molecule has 4 rings (SSSR count). The molecule has 4 aromatic rings. The van der Waals surface area contributed by atoms with E-state index < -0.39 is 0 Å². The van der Waals surface area contributed by atoms with E-state index in [1.807, 2.05) is 66.3 Å². The number of para-hydroxylation sites is 1. The highest BCUT2D eigenvalue weighted by atomic mass is 35.5. The first kappa shape index (κ1) is 19.7. The Morgan fingerprint density at radius 2 is 1.80 bits per heavy atom. The Bertz CT molecular complexity index is 1170. The van der Waals surface area contributed by atoms with Crippen LogP contribution in [0.2, 0.25) is 5.02 Å². The number of anilines is 2. The second-order valence-electron chi connectivity index (χ2n) is 6.62. The summed E-state index contributed by atoms with van der Waals surface area (Å²) in [5.74, 6) is 0. The van der Waals surface area contributed by atoms with E-state index in [-0.39, 0.29) is 6.03 Å². The Hall–Kier alpha value is -3.64. The number of amides is 2. The Morgan fingerprint density at radius 1 is 1.00 bits per heavy atom. The summed E-state index contributed by atoms with van der Waals surface area (Å²) in [6, 6.07) is 18.3. The summed E-state index contributed by atoms with van der Waals surface area (Å²) in [5, 5.41) is 10.8. The number of aryl methyl sites for hydroxylation is 1. The van der Waals surface area contributed by atoms with Gasteiger partial charge in [0.05, 0.1) is 10.7 Å². The summed E-state index contributed by atoms with van der Waals surface area (Å²) in [5.41, 5.74) is 5.02. The minimum Gasteiger partial charge on any atom is -0.308 e. The third kappa shape index (κ3) is 4.34. The van der Waals surface area contributed by atoms with Gasteiger partial charge in [0.1, 0.15) is 5.69 Å². The number of nitrogens with zero attached hydrogens (tertiary/aromatic N) is 3. The molecular weight excluding hydrogens is 398 g/mol. The van der Waals surface area contributed by atoms with Crippen molar-refractivity contribution in [2.75, 3.05) is 10.6 Å². The van der Waals surface area contributed by atoms with E-state index in [1.165, 1.54) is 0 Å². The average molecular weight is 418 g/mol. The van der Waals surface area contributed by atoms with Crippen LogP contribution >= 0.6 is 11.6 Å². The Balaban J connectivity index is 1.60. The molecule has 0 spiro atoms. The molecule has 6 nitrogen and oxygen atoms in total. The Labute approximate surface area is 179 Å². The maximum atomic E-state index is 12.4. The lowest BCUT2D eigenvalue weighted by Crippen LogP contribution is -2.19. The van der Waals surface area contributed by atoms with E-state index in [4.69, 9.17) is 16.7 Å². The van der Waals surface area contributed by atoms with Gasteiger partial charge in [0, 0.05) is 41.9 Å². The first-order chi connectivity index (χ1) is 14.6. The van der Waals surface area contributed by atoms with Gasteiger partial charge in [-0.05, 0) is 48.9 Å². The van der Waals surface area contributed by atoms with Crippen LogP contribution in [-0.4, -0.2) is 20.8 Å². The zero-order valence-electron chi connectivity index (χ0n) is 16.3. The van der Waals surface area contributed by atoms with E-state index in [1.54, 1.807) is 24.5 Å². The maximum Gasteiger partial charge on any atom is 0.323 e. The van der Waals surface area contributed by atoms with Gasteiger partial charge in [-0.15, -0.1) is 0 Å². The van der Waals surface area contributed by atoms with Crippen LogP contribution in [0.15, 0.2) is 79.3 Å². The molecule has 7 heteroatoms. The zero-order valence-corrected chi connectivity index (χ0v) is 17.1. The molecule has 0 atom stereocenters.